The van der Waals surface area contributed by atoms with E-state index in [0.29, 0.717) is 52.6 Å². The molecule has 10 nitrogen and oxygen atoms in total. The number of ether oxygens (including phenoxy) is 4. The van der Waals surface area contributed by atoms with Crippen LogP contribution in [0.3, 0.4) is 0 Å². The van der Waals surface area contributed by atoms with Gasteiger partial charge in [-0.05, 0) is 25.8 Å². The number of likely N-dealkylation sites (N-methyl/N-ethyl adjacent to an activating group) is 1. The Bertz CT molecular complexity index is 542. The molecule has 0 aliphatic carbocycles. The summed E-state index contributed by atoms with van der Waals surface area (Å²) >= 11 is 0. The first-order valence-corrected chi connectivity index (χ1v) is 11.4. The first-order valence-electron chi connectivity index (χ1n) is 11.4. The molecule has 188 valence electrons. The maximum atomic E-state index is 13.0. The Hall–Kier alpha value is -1.30. The molecule has 0 radical (unpaired) electrons. The van der Waals surface area contributed by atoms with E-state index < -0.39 is 17.6 Å². The fraction of sp³-hybridized carbons (Fsp3) is 0.909. The van der Waals surface area contributed by atoms with E-state index in [4.69, 9.17) is 18.9 Å². The molecule has 0 aromatic carbocycles. The van der Waals surface area contributed by atoms with Gasteiger partial charge in [0.05, 0.1) is 52.4 Å². The molecule has 0 aromatic rings. The Labute approximate surface area is 192 Å². The lowest BCUT2D eigenvalue weighted by Crippen LogP contribution is -2.56. The Kier molecular flexibility index (Phi) is 13.9. The van der Waals surface area contributed by atoms with Crippen LogP contribution in [0.5, 0.6) is 0 Å². The number of β-amino-alcohol motifs (C(OH)–C–C–N with tert-alkyl or cyclic N) is 1. The van der Waals surface area contributed by atoms with E-state index in [1.54, 1.807) is 4.90 Å². The van der Waals surface area contributed by atoms with Crippen LogP contribution in [-0.2, 0) is 28.5 Å². The minimum atomic E-state index is -0.693. The lowest BCUT2D eigenvalue weighted by molar-refractivity contribution is -0.141. The molecule has 1 saturated heterocycles. The third kappa shape index (κ3) is 11.5. The summed E-state index contributed by atoms with van der Waals surface area (Å²) in [7, 11) is 1.87. The predicted molar refractivity (Wildman–Crippen MR) is 120 cm³/mol. The smallest absolute Gasteiger partial charge is 0.246 e. The van der Waals surface area contributed by atoms with Crippen molar-refractivity contribution < 1.29 is 33.6 Å². The molecule has 32 heavy (non-hydrogen) atoms. The van der Waals surface area contributed by atoms with Gasteiger partial charge in [0.25, 0.3) is 0 Å². The largest absolute Gasteiger partial charge is 0.391 e. The van der Waals surface area contributed by atoms with Crippen LogP contribution in [0.25, 0.3) is 0 Å². The molecule has 0 aromatic heterocycles. The van der Waals surface area contributed by atoms with Gasteiger partial charge in [0, 0.05) is 19.1 Å². The van der Waals surface area contributed by atoms with Gasteiger partial charge in [-0.15, -0.1) is 0 Å². The predicted octanol–water partition coefficient (Wildman–Crippen LogP) is -0.215. The zero-order chi connectivity index (χ0) is 24.0. The maximum absolute atomic E-state index is 13.0. The first-order chi connectivity index (χ1) is 15.2. The fourth-order valence-corrected chi connectivity index (χ4v) is 3.33. The fourth-order valence-electron chi connectivity index (χ4n) is 3.33. The van der Waals surface area contributed by atoms with E-state index in [9.17, 15) is 14.7 Å². The summed E-state index contributed by atoms with van der Waals surface area (Å²) in [6.07, 6.45) is 0.0329. The molecule has 10 heteroatoms. The monoisotopic (exact) mass is 461 g/mol. The molecule has 3 atom stereocenters. The standard InChI is InChI=1S/C22H43N3O7/c1-17-14-18(26)15-25(17)21(28)20(22(2,3)4)24-19(27)16-32-13-12-31-11-10-30-9-8-29-7-6-23-5/h17-18,20,23,26H,6-16H2,1-5H3,(H,24,27)/t17-,18-,20-/m1/s1. The molecule has 3 N–H and O–H groups in total. The highest BCUT2D eigenvalue weighted by atomic mass is 16.6. The summed E-state index contributed by atoms with van der Waals surface area (Å²) in [6.45, 7) is 11.8. The number of amides is 2. The summed E-state index contributed by atoms with van der Waals surface area (Å²) in [6, 6.07) is -0.746. The number of aliphatic hydroxyl groups is 1. The van der Waals surface area contributed by atoms with Gasteiger partial charge in [-0.25, -0.2) is 0 Å². The van der Waals surface area contributed by atoms with E-state index in [-0.39, 0.29) is 31.1 Å². The third-order valence-electron chi connectivity index (χ3n) is 5.10. The average molecular weight is 462 g/mol. The van der Waals surface area contributed by atoms with Gasteiger partial charge in [0.15, 0.2) is 0 Å². The molecular formula is C22H43N3O7. The van der Waals surface area contributed by atoms with Crippen LogP contribution < -0.4 is 10.6 Å². The van der Waals surface area contributed by atoms with E-state index in [0.717, 1.165) is 6.54 Å². The summed E-state index contributed by atoms with van der Waals surface area (Å²) in [5.41, 5.74) is -0.471. The number of rotatable bonds is 16. The van der Waals surface area contributed by atoms with Crippen molar-refractivity contribution in [2.24, 2.45) is 5.41 Å². The van der Waals surface area contributed by atoms with Gasteiger partial charge >= 0.3 is 0 Å². The second-order valence-electron chi connectivity index (χ2n) is 9.09. The molecule has 2 amide bonds. The van der Waals surface area contributed by atoms with Gasteiger partial charge in [-0.3, -0.25) is 9.59 Å². The highest BCUT2D eigenvalue weighted by molar-refractivity contribution is 5.89. The van der Waals surface area contributed by atoms with Crippen molar-refractivity contribution in [1.82, 2.24) is 15.5 Å². The molecule has 1 heterocycles. The summed E-state index contributed by atoms with van der Waals surface area (Å²) < 4.78 is 21.5. The van der Waals surface area contributed by atoms with E-state index in [1.165, 1.54) is 0 Å². The summed E-state index contributed by atoms with van der Waals surface area (Å²) in [4.78, 5) is 27.0. The second kappa shape index (κ2) is 15.5. The van der Waals surface area contributed by atoms with Gasteiger partial charge in [-0.1, -0.05) is 20.8 Å². The third-order valence-corrected chi connectivity index (χ3v) is 5.10. The number of hydrogen-bond acceptors (Lipinski definition) is 8. The van der Waals surface area contributed by atoms with Crippen molar-refractivity contribution >= 4 is 11.8 Å². The number of aliphatic hydroxyl groups excluding tert-OH is 1. The van der Waals surface area contributed by atoms with Crippen LogP contribution in [0.4, 0.5) is 0 Å². The summed E-state index contributed by atoms with van der Waals surface area (Å²) in [5, 5.41) is 15.6. The van der Waals surface area contributed by atoms with Crippen LogP contribution in [0.2, 0.25) is 0 Å². The highest BCUT2D eigenvalue weighted by Gasteiger charge is 2.40. The van der Waals surface area contributed by atoms with Crippen molar-refractivity contribution in [2.45, 2.75) is 52.3 Å². The Balaban J connectivity index is 2.18. The minimum Gasteiger partial charge on any atom is -0.391 e. The van der Waals surface area contributed by atoms with Crippen molar-refractivity contribution in [2.75, 3.05) is 73.0 Å². The van der Waals surface area contributed by atoms with Gasteiger partial charge < -0.3 is 39.6 Å². The molecule has 0 spiro atoms. The number of likely N-dealkylation sites (tertiary alicyclic amines) is 1. The molecular weight excluding hydrogens is 418 g/mol. The first kappa shape index (κ1) is 28.7. The van der Waals surface area contributed by atoms with E-state index in [2.05, 4.69) is 10.6 Å². The number of nitrogens with zero attached hydrogens (tertiary/aromatic N) is 1. The lowest BCUT2D eigenvalue weighted by Gasteiger charge is -2.35. The second-order valence-corrected chi connectivity index (χ2v) is 9.09. The van der Waals surface area contributed by atoms with Crippen LogP contribution in [0.15, 0.2) is 0 Å². The van der Waals surface area contributed by atoms with Crippen LogP contribution in [0.1, 0.15) is 34.1 Å². The number of carbonyl (C=O) groups excluding carboxylic acids is 2. The van der Waals surface area contributed by atoms with Crippen LogP contribution in [0, 0.1) is 5.41 Å². The van der Waals surface area contributed by atoms with Crippen molar-refractivity contribution in [3.8, 4) is 0 Å². The topological polar surface area (TPSA) is 119 Å². The molecule has 1 rings (SSSR count). The number of nitrogens with one attached hydrogen (secondary N) is 2. The Morgan fingerprint density at radius 2 is 1.53 bits per heavy atom. The van der Waals surface area contributed by atoms with Crippen LogP contribution >= 0.6 is 0 Å². The van der Waals surface area contributed by atoms with E-state index in [1.807, 2.05) is 34.7 Å². The molecule has 0 bridgehead atoms. The summed E-state index contributed by atoms with van der Waals surface area (Å²) in [5.74, 6) is -0.530. The van der Waals surface area contributed by atoms with Crippen molar-refractivity contribution in [3.63, 3.8) is 0 Å². The number of carbonyl (C=O) groups is 2. The molecule has 0 unspecified atom stereocenters. The normalized spacial score (nSPS) is 19.9. The molecule has 1 aliphatic heterocycles. The maximum Gasteiger partial charge on any atom is 0.246 e. The highest BCUT2D eigenvalue weighted by Crippen LogP contribution is 2.25. The van der Waals surface area contributed by atoms with Crippen molar-refractivity contribution in [3.05, 3.63) is 0 Å². The minimum absolute atomic E-state index is 0.0532. The Morgan fingerprint density at radius 1 is 1.00 bits per heavy atom. The molecule has 0 saturated carbocycles. The zero-order valence-corrected chi connectivity index (χ0v) is 20.4. The lowest BCUT2D eigenvalue weighted by atomic mass is 9.85. The van der Waals surface area contributed by atoms with Gasteiger partial charge in [0.2, 0.25) is 11.8 Å². The van der Waals surface area contributed by atoms with Crippen molar-refractivity contribution in [1.29, 1.82) is 0 Å². The molecule has 1 fully saturated rings. The van der Waals surface area contributed by atoms with Crippen LogP contribution in [-0.4, -0.2) is 113 Å². The SMILES string of the molecule is CNCCOCCOCCOCCOCC(=O)N[C@H](C(=O)N1C[C@H](O)C[C@H]1C)C(C)(C)C. The zero-order valence-electron chi connectivity index (χ0n) is 20.4. The average Bonchev–Trinajstić information content (AvgIpc) is 3.06. The van der Waals surface area contributed by atoms with Gasteiger partial charge in [0.1, 0.15) is 12.6 Å². The Morgan fingerprint density at radius 3 is 2.00 bits per heavy atom. The van der Waals surface area contributed by atoms with E-state index >= 15 is 0 Å². The van der Waals surface area contributed by atoms with Gasteiger partial charge in [-0.2, -0.15) is 0 Å². The molecule has 1 aliphatic rings. The quantitative estimate of drug-likeness (QED) is 0.270. The number of hydrogen-bond donors (Lipinski definition) is 3.